The summed E-state index contributed by atoms with van der Waals surface area (Å²) in [5.74, 6) is 0.666. The van der Waals surface area contributed by atoms with Gasteiger partial charge in [0, 0.05) is 13.0 Å². The molecule has 0 bridgehead atoms. The lowest BCUT2D eigenvalue weighted by Crippen LogP contribution is -2.13. The van der Waals surface area contributed by atoms with Crippen molar-refractivity contribution < 1.29 is 0 Å². The van der Waals surface area contributed by atoms with Gasteiger partial charge in [-0.2, -0.15) is 0 Å². The predicted molar refractivity (Wildman–Crippen MR) is 60.4 cm³/mol. The average molecular weight is 213 g/mol. The molecule has 0 radical (unpaired) electrons. The predicted octanol–water partition coefficient (Wildman–Crippen LogP) is 2.24. The van der Waals surface area contributed by atoms with E-state index in [0.717, 1.165) is 35.9 Å². The molecule has 4 heteroatoms. The average Bonchev–Trinajstić information content (AvgIpc) is 2.52. The molecule has 0 atom stereocenters. The summed E-state index contributed by atoms with van der Waals surface area (Å²) in [5.41, 5.74) is 0. The summed E-state index contributed by atoms with van der Waals surface area (Å²) in [5, 5.41) is 13.9. The smallest absolute Gasteiger partial charge is 0.131 e. The standard InChI is InChI=1S/C10H19N3S/c1-4-5-11-7-10-13-12-9(14-10)6-8(2)3/h8,11H,4-7H2,1-3H3. The molecule has 0 saturated heterocycles. The highest BCUT2D eigenvalue weighted by Crippen LogP contribution is 2.13. The zero-order chi connectivity index (χ0) is 10.4. The highest BCUT2D eigenvalue weighted by atomic mass is 32.1. The molecule has 1 heterocycles. The van der Waals surface area contributed by atoms with Crippen molar-refractivity contribution in [2.24, 2.45) is 5.92 Å². The van der Waals surface area contributed by atoms with Gasteiger partial charge in [0.1, 0.15) is 10.0 Å². The number of nitrogens with zero attached hydrogens (tertiary/aromatic N) is 2. The molecule has 0 spiro atoms. The molecule has 1 aromatic rings. The summed E-state index contributed by atoms with van der Waals surface area (Å²) < 4.78 is 0. The lowest BCUT2D eigenvalue weighted by molar-refractivity contribution is 0.637. The van der Waals surface area contributed by atoms with E-state index in [0.29, 0.717) is 5.92 Å². The highest BCUT2D eigenvalue weighted by Gasteiger charge is 2.05. The largest absolute Gasteiger partial charge is 0.310 e. The number of aromatic nitrogens is 2. The second-order valence-electron chi connectivity index (χ2n) is 3.86. The molecule has 0 amide bonds. The van der Waals surface area contributed by atoms with Crippen molar-refractivity contribution in [3.05, 3.63) is 10.0 Å². The van der Waals surface area contributed by atoms with Crippen LogP contribution in [-0.4, -0.2) is 16.7 Å². The van der Waals surface area contributed by atoms with Crippen LogP contribution in [0.4, 0.5) is 0 Å². The maximum atomic E-state index is 4.16. The normalized spacial score (nSPS) is 11.1. The van der Waals surface area contributed by atoms with Crippen molar-refractivity contribution in [2.75, 3.05) is 6.54 Å². The van der Waals surface area contributed by atoms with Gasteiger partial charge in [0.2, 0.25) is 0 Å². The van der Waals surface area contributed by atoms with Crippen molar-refractivity contribution in [3.63, 3.8) is 0 Å². The Morgan fingerprint density at radius 1 is 1.29 bits per heavy atom. The van der Waals surface area contributed by atoms with Crippen LogP contribution in [-0.2, 0) is 13.0 Å². The first-order valence-corrected chi connectivity index (χ1v) is 6.06. The van der Waals surface area contributed by atoms with E-state index in [9.17, 15) is 0 Å². The maximum Gasteiger partial charge on any atom is 0.131 e. The van der Waals surface area contributed by atoms with Crippen LogP contribution in [0.1, 0.15) is 37.2 Å². The van der Waals surface area contributed by atoms with Crippen molar-refractivity contribution in [1.29, 1.82) is 0 Å². The first-order chi connectivity index (χ1) is 6.72. The minimum atomic E-state index is 0.666. The third kappa shape index (κ3) is 4.15. The van der Waals surface area contributed by atoms with E-state index in [2.05, 4.69) is 36.3 Å². The number of nitrogens with one attached hydrogen (secondary N) is 1. The van der Waals surface area contributed by atoms with Gasteiger partial charge in [-0.25, -0.2) is 0 Å². The SMILES string of the molecule is CCCNCc1nnc(CC(C)C)s1. The van der Waals surface area contributed by atoms with Crippen LogP contribution in [0, 0.1) is 5.92 Å². The molecular weight excluding hydrogens is 194 g/mol. The fourth-order valence-electron chi connectivity index (χ4n) is 1.16. The molecule has 0 fully saturated rings. The van der Waals surface area contributed by atoms with Gasteiger partial charge >= 0.3 is 0 Å². The van der Waals surface area contributed by atoms with Crippen LogP contribution in [0.3, 0.4) is 0 Å². The summed E-state index contributed by atoms with van der Waals surface area (Å²) >= 11 is 1.73. The first-order valence-electron chi connectivity index (χ1n) is 5.24. The number of hydrogen-bond donors (Lipinski definition) is 1. The van der Waals surface area contributed by atoms with Gasteiger partial charge in [-0.15, -0.1) is 21.5 Å². The molecule has 0 aromatic carbocycles. The summed E-state index contributed by atoms with van der Waals surface area (Å²) in [6.07, 6.45) is 2.21. The molecule has 80 valence electrons. The summed E-state index contributed by atoms with van der Waals surface area (Å²) in [7, 11) is 0. The Bertz CT molecular complexity index is 258. The molecule has 3 nitrogen and oxygen atoms in total. The van der Waals surface area contributed by atoms with E-state index in [1.54, 1.807) is 11.3 Å². The van der Waals surface area contributed by atoms with E-state index in [-0.39, 0.29) is 0 Å². The van der Waals surface area contributed by atoms with Crippen molar-refractivity contribution in [1.82, 2.24) is 15.5 Å². The second kappa shape index (κ2) is 6.09. The number of hydrogen-bond acceptors (Lipinski definition) is 4. The molecule has 0 aliphatic carbocycles. The van der Waals surface area contributed by atoms with E-state index < -0.39 is 0 Å². The van der Waals surface area contributed by atoms with Crippen LogP contribution in [0.15, 0.2) is 0 Å². The third-order valence-electron chi connectivity index (χ3n) is 1.79. The van der Waals surface area contributed by atoms with Gasteiger partial charge in [0.25, 0.3) is 0 Å². The molecule has 1 aromatic heterocycles. The fraction of sp³-hybridized carbons (Fsp3) is 0.800. The Hall–Kier alpha value is -0.480. The molecule has 0 unspecified atom stereocenters. The van der Waals surface area contributed by atoms with Crippen LogP contribution in [0.5, 0.6) is 0 Å². The Balaban J connectivity index is 2.35. The molecule has 14 heavy (non-hydrogen) atoms. The Morgan fingerprint density at radius 3 is 2.64 bits per heavy atom. The van der Waals surface area contributed by atoms with Gasteiger partial charge in [-0.1, -0.05) is 20.8 Å². The van der Waals surface area contributed by atoms with Crippen LogP contribution in [0.25, 0.3) is 0 Å². The minimum absolute atomic E-state index is 0.666. The molecule has 0 aliphatic heterocycles. The fourth-order valence-corrected chi connectivity index (χ4v) is 2.19. The Labute approximate surface area is 89.9 Å². The van der Waals surface area contributed by atoms with Crippen molar-refractivity contribution >= 4 is 11.3 Å². The lowest BCUT2D eigenvalue weighted by atomic mass is 10.1. The topological polar surface area (TPSA) is 37.8 Å². The Morgan fingerprint density at radius 2 is 2.00 bits per heavy atom. The van der Waals surface area contributed by atoms with Gasteiger partial charge in [-0.3, -0.25) is 0 Å². The number of rotatable bonds is 6. The molecule has 0 aliphatic rings. The quantitative estimate of drug-likeness (QED) is 0.736. The Kier molecular flexibility index (Phi) is 5.04. The lowest BCUT2D eigenvalue weighted by Gasteiger charge is -1.98. The monoisotopic (exact) mass is 213 g/mol. The third-order valence-corrected chi connectivity index (χ3v) is 2.74. The summed E-state index contributed by atoms with van der Waals surface area (Å²) in [4.78, 5) is 0. The zero-order valence-corrected chi connectivity index (χ0v) is 10.0. The van der Waals surface area contributed by atoms with Crippen LogP contribution < -0.4 is 5.32 Å². The van der Waals surface area contributed by atoms with Crippen molar-refractivity contribution in [3.8, 4) is 0 Å². The first kappa shape index (κ1) is 11.6. The van der Waals surface area contributed by atoms with Gasteiger partial charge < -0.3 is 5.32 Å². The zero-order valence-electron chi connectivity index (χ0n) is 9.21. The van der Waals surface area contributed by atoms with E-state index in [1.165, 1.54) is 0 Å². The van der Waals surface area contributed by atoms with E-state index >= 15 is 0 Å². The second-order valence-corrected chi connectivity index (χ2v) is 5.01. The van der Waals surface area contributed by atoms with Gasteiger partial charge in [0.05, 0.1) is 0 Å². The summed E-state index contributed by atoms with van der Waals surface area (Å²) in [6, 6.07) is 0. The molecular formula is C10H19N3S. The molecule has 1 N–H and O–H groups in total. The minimum Gasteiger partial charge on any atom is -0.310 e. The molecule has 0 saturated carbocycles. The van der Waals surface area contributed by atoms with E-state index in [4.69, 9.17) is 0 Å². The summed E-state index contributed by atoms with van der Waals surface area (Å²) in [6.45, 7) is 8.49. The molecule has 1 rings (SSSR count). The van der Waals surface area contributed by atoms with Gasteiger partial charge in [0.15, 0.2) is 0 Å². The highest BCUT2D eigenvalue weighted by molar-refractivity contribution is 7.11. The van der Waals surface area contributed by atoms with Crippen LogP contribution in [0.2, 0.25) is 0 Å². The van der Waals surface area contributed by atoms with E-state index in [1.807, 2.05) is 0 Å². The maximum absolute atomic E-state index is 4.16. The van der Waals surface area contributed by atoms with Crippen molar-refractivity contribution in [2.45, 2.75) is 40.2 Å². The van der Waals surface area contributed by atoms with Gasteiger partial charge in [-0.05, 0) is 18.9 Å². The van der Waals surface area contributed by atoms with Crippen LogP contribution >= 0.6 is 11.3 Å².